The predicted octanol–water partition coefficient (Wildman–Crippen LogP) is 3.50. The van der Waals surface area contributed by atoms with Crippen LogP contribution in [0.25, 0.3) is 0 Å². The first-order valence-corrected chi connectivity index (χ1v) is 9.62. The zero-order valence-corrected chi connectivity index (χ0v) is 15.2. The Morgan fingerprint density at radius 2 is 1.64 bits per heavy atom. The summed E-state index contributed by atoms with van der Waals surface area (Å²) in [6.45, 7) is 0. The Morgan fingerprint density at radius 3 is 2.23 bits per heavy atom. The van der Waals surface area contributed by atoms with Gasteiger partial charge in [-0.1, -0.05) is 23.7 Å². The summed E-state index contributed by atoms with van der Waals surface area (Å²) in [5, 5.41) is 3.12. The number of nitrogens with one attached hydrogen (secondary N) is 1. The molecule has 0 saturated heterocycles. The SMILES string of the molecule is O=C(CS(=O)(=O)Cc1ccc(Cl)cc1)Nc1ccc(I)cc1. The van der Waals surface area contributed by atoms with Gasteiger partial charge < -0.3 is 5.32 Å². The molecule has 0 atom stereocenters. The van der Waals surface area contributed by atoms with Gasteiger partial charge in [0, 0.05) is 14.3 Å². The number of amides is 1. The minimum atomic E-state index is -3.53. The molecule has 7 heteroatoms. The highest BCUT2D eigenvalue weighted by Gasteiger charge is 2.17. The third kappa shape index (κ3) is 5.58. The molecule has 2 rings (SSSR count). The van der Waals surface area contributed by atoms with Crippen LogP contribution < -0.4 is 5.32 Å². The first-order valence-electron chi connectivity index (χ1n) is 6.34. The van der Waals surface area contributed by atoms with Gasteiger partial charge in [-0.3, -0.25) is 4.79 Å². The minimum Gasteiger partial charge on any atom is -0.325 e. The molecule has 0 aliphatic rings. The lowest BCUT2D eigenvalue weighted by molar-refractivity contribution is -0.113. The lowest BCUT2D eigenvalue weighted by Crippen LogP contribution is -2.23. The maximum atomic E-state index is 12.0. The molecule has 2 aromatic rings. The number of carbonyl (C=O) groups excluding carboxylic acids is 1. The summed E-state index contributed by atoms with van der Waals surface area (Å²) in [7, 11) is -3.53. The summed E-state index contributed by atoms with van der Waals surface area (Å²) in [5.41, 5.74) is 1.18. The summed E-state index contributed by atoms with van der Waals surface area (Å²) in [6, 6.07) is 13.6. The van der Waals surface area contributed by atoms with Gasteiger partial charge in [0.25, 0.3) is 0 Å². The normalized spacial score (nSPS) is 11.2. The van der Waals surface area contributed by atoms with E-state index in [1.807, 2.05) is 12.1 Å². The van der Waals surface area contributed by atoms with Gasteiger partial charge in [0.05, 0.1) is 5.75 Å². The largest absolute Gasteiger partial charge is 0.325 e. The van der Waals surface area contributed by atoms with Gasteiger partial charge in [-0.25, -0.2) is 8.42 Å². The minimum absolute atomic E-state index is 0.190. The predicted molar refractivity (Wildman–Crippen MR) is 96.7 cm³/mol. The van der Waals surface area contributed by atoms with Crippen molar-refractivity contribution in [3.8, 4) is 0 Å². The number of rotatable bonds is 5. The Balaban J connectivity index is 1.97. The Kier molecular flexibility index (Phi) is 5.82. The highest BCUT2D eigenvalue weighted by atomic mass is 127. The van der Waals surface area contributed by atoms with Crippen molar-refractivity contribution in [1.82, 2.24) is 0 Å². The Bertz CT molecular complexity index is 758. The second-order valence-corrected chi connectivity index (χ2v) is 8.46. The molecule has 2 aromatic carbocycles. The number of anilines is 1. The van der Waals surface area contributed by atoms with Crippen molar-refractivity contribution in [2.45, 2.75) is 5.75 Å². The summed E-state index contributed by atoms with van der Waals surface area (Å²) in [4.78, 5) is 11.8. The van der Waals surface area contributed by atoms with Gasteiger partial charge in [0.2, 0.25) is 5.91 Å². The highest BCUT2D eigenvalue weighted by molar-refractivity contribution is 14.1. The van der Waals surface area contributed by atoms with E-state index in [0.29, 0.717) is 16.3 Å². The fourth-order valence-electron chi connectivity index (χ4n) is 1.82. The summed E-state index contributed by atoms with van der Waals surface area (Å²) in [6.07, 6.45) is 0. The van der Waals surface area contributed by atoms with Crippen LogP contribution in [0.15, 0.2) is 48.5 Å². The average molecular weight is 450 g/mol. The van der Waals surface area contributed by atoms with Crippen molar-refractivity contribution in [1.29, 1.82) is 0 Å². The number of benzene rings is 2. The summed E-state index contributed by atoms with van der Waals surface area (Å²) in [5.74, 6) is -1.29. The Hall–Kier alpha value is -1.12. The van der Waals surface area contributed by atoms with E-state index in [2.05, 4.69) is 27.9 Å². The van der Waals surface area contributed by atoms with Crippen molar-refractivity contribution in [3.05, 3.63) is 62.7 Å². The molecule has 0 aromatic heterocycles. The van der Waals surface area contributed by atoms with Crippen molar-refractivity contribution < 1.29 is 13.2 Å². The molecule has 4 nitrogen and oxygen atoms in total. The molecule has 0 aliphatic carbocycles. The van der Waals surface area contributed by atoms with Gasteiger partial charge in [0.1, 0.15) is 5.75 Å². The van der Waals surface area contributed by atoms with Crippen LogP contribution in [0, 0.1) is 3.57 Å². The highest BCUT2D eigenvalue weighted by Crippen LogP contribution is 2.14. The van der Waals surface area contributed by atoms with Crippen molar-refractivity contribution in [3.63, 3.8) is 0 Å². The van der Waals surface area contributed by atoms with Gasteiger partial charge >= 0.3 is 0 Å². The second-order valence-electron chi connectivity index (χ2n) is 4.71. The molecule has 22 heavy (non-hydrogen) atoms. The number of hydrogen-bond acceptors (Lipinski definition) is 3. The zero-order chi connectivity index (χ0) is 16.2. The van der Waals surface area contributed by atoms with Gasteiger partial charge in [-0.05, 0) is 64.6 Å². The fourth-order valence-corrected chi connectivity index (χ4v) is 3.58. The molecule has 116 valence electrons. The van der Waals surface area contributed by atoms with Crippen LogP contribution >= 0.6 is 34.2 Å². The number of hydrogen-bond donors (Lipinski definition) is 1. The van der Waals surface area contributed by atoms with Crippen LogP contribution in [0.3, 0.4) is 0 Å². The maximum Gasteiger partial charge on any atom is 0.239 e. The molecule has 0 heterocycles. The molecular formula is C15H13ClINO3S. The third-order valence-corrected chi connectivity index (χ3v) is 5.23. The molecule has 1 amide bonds. The summed E-state index contributed by atoms with van der Waals surface area (Å²) >= 11 is 7.90. The molecule has 0 fully saturated rings. The van der Waals surface area contributed by atoms with Crippen molar-refractivity contribution in [2.75, 3.05) is 11.1 Å². The van der Waals surface area contributed by atoms with Gasteiger partial charge in [0.15, 0.2) is 9.84 Å². The zero-order valence-electron chi connectivity index (χ0n) is 11.4. The van der Waals surface area contributed by atoms with Crippen LogP contribution in [0.4, 0.5) is 5.69 Å². The van der Waals surface area contributed by atoms with E-state index in [4.69, 9.17) is 11.6 Å². The van der Waals surface area contributed by atoms with Crippen LogP contribution in [0.5, 0.6) is 0 Å². The van der Waals surface area contributed by atoms with E-state index < -0.39 is 21.5 Å². The molecule has 0 unspecified atom stereocenters. The molecule has 0 bridgehead atoms. The lowest BCUT2D eigenvalue weighted by Gasteiger charge is -2.07. The monoisotopic (exact) mass is 449 g/mol. The van der Waals surface area contributed by atoms with Crippen molar-refractivity contribution in [2.24, 2.45) is 0 Å². The number of halogens is 2. The van der Waals surface area contributed by atoms with Crippen LogP contribution in [-0.4, -0.2) is 20.1 Å². The van der Waals surface area contributed by atoms with E-state index >= 15 is 0 Å². The van der Waals surface area contributed by atoms with E-state index in [0.717, 1.165) is 3.57 Å². The van der Waals surface area contributed by atoms with Gasteiger partial charge in [-0.15, -0.1) is 0 Å². The standard InChI is InChI=1S/C15H13ClINO3S/c16-12-3-1-11(2-4-12)9-22(20,21)10-15(19)18-14-7-5-13(17)6-8-14/h1-8H,9-10H2,(H,18,19). The molecule has 0 spiro atoms. The molecule has 1 N–H and O–H groups in total. The quantitative estimate of drug-likeness (QED) is 0.711. The Morgan fingerprint density at radius 1 is 1.05 bits per heavy atom. The lowest BCUT2D eigenvalue weighted by atomic mass is 10.2. The van der Waals surface area contributed by atoms with E-state index in [1.54, 1.807) is 36.4 Å². The molecule has 0 radical (unpaired) electrons. The van der Waals surface area contributed by atoms with Crippen LogP contribution in [0.2, 0.25) is 5.02 Å². The maximum absolute atomic E-state index is 12.0. The second kappa shape index (κ2) is 7.43. The smallest absolute Gasteiger partial charge is 0.239 e. The molecule has 0 saturated carbocycles. The fraction of sp³-hybridized carbons (Fsp3) is 0.133. The van der Waals surface area contributed by atoms with Crippen molar-refractivity contribution >= 4 is 55.6 Å². The van der Waals surface area contributed by atoms with Gasteiger partial charge in [-0.2, -0.15) is 0 Å². The van der Waals surface area contributed by atoms with Crippen LogP contribution in [-0.2, 0) is 20.4 Å². The number of sulfone groups is 1. The van der Waals surface area contributed by atoms with E-state index in [-0.39, 0.29) is 5.75 Å². The molecule has 0 aliphatic heterocycles. The first-order chi connectivity index (χ1) is 10.3. The van der Waals surface area contributed by atoms with E-state index in [9.17, 15) is 13.2 Å². The topological polar surface area (TPSA) is 63.2 Å². The summed E-state index contributed by atoms with van der Waals surface area (Å²) < 4.78 is 25.1. The van der Waals surface area contributed by atoms with Crippen LogP contribution in [0.1, 0.15) is 5.56 Å². The number of carbonyl (C=O) groups is 1. The molecular weight excluding hydrogens is 437 g/mol. The third-order valence-electron chi connectivity index (χ3n) is 2.78. The Labute approximate surface area is 147 Å². The van der Waals surface area contributed by atoms with E-state index in [1.165, 1.54) is 0 Å². The first kappa shape index (κ1) is 17.2. The average Bonchev–Trinajstić information content (AvgIpc) is 2.43.